The highest BCUT2D eigenvalue weighted by Gasteiger charge is 2.30. The SMILES string of the molecule is CCc1nc([C@@H]2CCCN(C(=O)C(=O)Nc3cccc(C)c3)C2)no1. The zero-order valence-corrected chi connectivity index (χ0v) is 14.5. The first-order valence-corrected chi connectivity index (χ1v) is 8.56. The van der Waals surface area contributed by atoms with Gasteiger partial charge < -0.3 is 14.7 Å². The maximum atomic E-state index is 12.5. The summed E-state index contributed by atoms with van der Waals surface area (Å²) in [5.74, 6) is 0.0802. The summed E-state index contributed by atoms with van der Waals surface area (Å²) in [6, 6.07) is 7.37. The second-order valence-electron chi connectivity index (χ2n) is 6.31. The average Bonchev–Trinajstić information content (AvgIpc) is 3.10. The van der Waals surface area contributed by atoms with Crippen molar-refractivity contribution >= 4 is 17.5 Å². The van der Waals surface area contributed by atoms with Crippen molar-refractivity contribution in [3.63, 3.8) is 0 Å². The Bertz CT molecular complexity index is 771. The Morgan fingerprint density at radius 1 is 1.40 bits per heavy atom. The van der Waals surface area contributed by atoms with Gasteiger partial charge in [0, 0.05) is 31.1 Å². The van der Waals surface area contributed by atoms with Crippen LogP contribution < -0.4 is 5.32 Å². The van der Waals surface area contributed by atoms with Gasteiger partial charge in [0.15, 0.2) is 5.82 Å². The van der Waals surface area contributed by atoms with E-state index in [9.17, 15) is 9.59 Å². The Hall–Kier alpha value is -2.70. The Morgan fingerprint density at radius 3 is 2.96 bits per heavy atom. The Balaban J connectivity index is 1.64. The molecule has 0 radical (unpaired) electrons. The van der Waals surface area contributed by atoms with Crippen molar-refractivity contribution in [1.29, 1.82) is 0 Å². The van der Waals surface area contributed by atoms with Gasteiger partial charge in [0.1, 0.15) is 0 Å². The maximum absolute atomic E-state index is 12.5. The molecule has 2 amide bonds. The van der Waals surface area contributed by atoms with Crippen LogP contribution in [-0.4, -0.2) is 39.9 Å². The van der Waals surface area contributed by atoms with Crippen LogP contribution in [-0.2, 0) is 16.0 Å². The second kappa shape index (κ2) is 7.46. The predicted molar refractivity (Wildman–Crippen MR) is 92.0 cm³/mol. The third-order valence-electron chi connectivity index (χ3n) is 4.33. The fourth-order valence-corrected chi connectivity index (χ4v) is 3.00. The zero-order chi connectivity index (χ0) is 17.8. The molecule has 0 aliphatic carbocycles. The van der Waals surface area contributed by atoms with Crippen LogP contribution in [0.15, 0.2) is 28.8 Å². The molecule has 1 N–H and O–H groups in total. The number of nitrogens with one attached hydrogen (secondary N) is 1. The minimum atomic E-state index is -0.617. The normalized spacial score (nSPS) is 17.4. The number of hydrogen-bond acceptors (Lipinski definition) is 5. The monoisotopic (exact) mass is 342 g/mol. The van der Waals surface area contributed by atoms with Gasteiger partial charge in [-0.3, -0.25) is 9.59 Å². The van der Waals surface area contributed by atoms with Gasteiger partial charge in [0.2, 0.25) is 5.89 Å². The van der Waals surface area contributed by atoms with Crippen LogP contribution in [0.3, 0.4) is 0 Å². The minimum Gasteiger partial charge on any atom is -0.339 e. The van der Waals surface area contributed by atoms with Gasteiger partial charge in [-0.15, -0.1) is 0 Å². The first-order valence-electron chi connectivity index (χ1n) is 8.56. The molecule has 3 rings (SSSR count). The van der Waals surface area contributed by atoms with Crippen LogP contribution in [0.1, 0.15) is 43.0 Å². The van der Waals surface area contributed by atoms with E-state index in [1.54, 1.807) is 11.0 Å². The van der Waals surface area contributed by atoms with Crippen LogP contribution in [0, 0.1) is 6.92 Å². The van der Waals surface area contributed by atoms with Gasteiger partial charge >= 0.3 is 11.8 Å². The number of hydrogen-bond donors (Lipinski definition) is 1. The first kappa shape index (κ1) is 17.1. The molecule has 1 saturated heterocycles. The lowest BCUT2D eigenvalue weighted by Crippen LogP contribution is -2.44. The Labute approximate surface area is 146 Å². The van der Waals surface area contributed by atoms with E-state index in [0.717, 1.165) is 18.4 Å². The Kier molecular flexibility index (Phi) is 5.11. The molecule has 2 aromatic rings. The summed E-state index contributed by atoms with van der Waals surface area (Å²) in [6.07, 6.45) is 2.37. The lowest BCUT2D eigenvalue weighted by Gasteiger charge is -2.30. The molecule has 1 aromatic carbocycles. The average molecular weight is 342 g/mol. The molecule has 25 heavy (non-hydrogen) atoms. The summed E-state index contributed by atoms with van der Waals surface area (Å²) >= 11 is 0. The fourth-order valence-electron chi connectivity index (χ4n) is 3.00. The van der Waals surface area contributed by atoms with Crippen molar-refractivity contribution in [2.24, 2.45) is 0 Å². The molecule has 1 fully saturated rings. The quantitative estimate of drug-likeness (QED) is 0.865. The van der Waals surface area contributed by atoms with Crippen LogP contribution in [0.2, 0.25) is 0 Å². The van der Waals surface area contributed by atoms with Crippen molar-refractivity contribution in [3.05, 3.63) is 41.5 Å². The largest absolute Gasteiger partial charge is 0.339 e. The number of rotatable bonds is 3. The topological polar surface area (TPSA) is 88.3 Å². The molecule has 1 aliphatic heterocycles. The molecule has 0 saturated carbocycles. The van der Waals surface area contributed by atoms with E-state index in [0.29, 0.717) is 36.9 Å². The lowest BCUT2D eigenvalue weighted by molar-refractivity contribution is -0.144. The molecule has 132 valence electrons. The van der Waals surface area contributed by atoms with Crippen LogP contribution in [0.25, 0.3) is 0 Å². The van der Waals surface area contributed by atoms with E-state index in [-0.39, 0.29) is 5.92 Å². The number of anilines is 1. The summed E-state index contributed by atoms with van der Waals surface area (Å²) in [5, 5.41) is 6.67. The molecule has 0 unspecified atom stereocenters. The van der Waals surface area contributed by atoms with Gasteiger partial charge in [0.05, 0.1) is 0 Å². The van der Waals surface area contributed by atoms with E-state index < -0.39 is 11.8 Å². The van der Waals surface area contributed by atoms with E-state index in [2.05, 4.69) is 15.5 Å². The number of aromatic nitrogens is 2. The predicted octanol–water partition coefficient (Wildman–Crippen LogP) is 2.29. The summed E-state index contributed by atoms with van der Waals surface area (Å²) in [5.41, 5.74) is 1.64. The molecule has 0 bridgehead atoms. The highest BCUT2D eigenvalue weighted by Crippen LogP contribution is 2.25. The maximum Gasteiger partial charge on any atom is 0.313 e. The zero-order valence-electron chi connectivity index (χ0n) is 14.5. The van der Waals surface area contributed by atoms with Crippen molar-refractivity contribution in [2.45, 2.75) is 39.0 Å². The van der Waals surface area contributed by atoms with Gasteiger partial charge in [-0.05, 0) is 37.5 Å². The molecule has 2 heterocycles. The van der Waals surface area contributed by atoms with Crippen LogP contribution >= 0.6 is 0 Å². The van der Waals surface area contributed by atoms with Gasteiger partial charge in [-0.2, -0.15) is 4.98 Å². The molecule has 1 aliphatic rings. The first-order chi connectivity index (χ1) is 12.1. The fraction of sp³-hybridized carbons (Fsp3) is 0.444. The lowest BCUT2D eigenvalue weighted by atomic mass is 9.97. The van der Waals surface area contributed by atoms with Crippen LogP contribution in [0.5, 0.6) is 0 Å². The number of amides is 2. The highest BCUT2D eigenvalue weighted by molar-refractivity contribution is 6.39. The summed E-state index contributed by atoms with van der Waals surface area (Å²) in [6.45, 7) is 4.88. The molecule has 1 aromatic heterocycles. The van der Waals surface area contributed by atoms with Gasteiger partial charge in [0.25, 0.3) is 0 Å². The van der Waals surface area contributed by atoms with Crippen molar-refractivity contribution < 1.29 is 14.1 Å². The Morgan fingerprint density at radius 2 is 2.24 bits per heavy atom. The van der Waals surface area contributed by atoms with Crippen molar-refractivity contribution in [3.8, 4) is 0 Å². The third kappa shape index (κ3) is 4.04. The smallest absolute Gasteiger partial charge is 0.313 e. The molecular formula is C18H22N4O3. The van der Waals surface area contributed by atoms with E-state index >= 15 is 0 Å². The molecule has 7 heteroatoms. The number of likely N-dealkylation sites (tertiary alicyclic amines) is 1. The molecule has 7 nitrogen and oxygen atoms in total. The summed E-state index contributed by atoms with van der Waals surface area (Å²) in [7, 11) is 0. The van der Waals surface area contributed by atoms with Crippen molar-refractivity contribution in [1.82, 2.24) is 15.0 Å². The minimum absolute atomic E-state index is 0.00789. The summed E-state index contributed by atoms with van der Waals surface area (Å²) in [4.78, 5) is 30.7. The van der Waals surface area contributed by atoms with E-state index in [1.165, 1.54) is 0 Å². The van der Waals surface area contributed by atoms with E-state index in [4.69, 9.17) is 4.52 Å². The van der Waals surface area contributed by atoms with E-state index in [1.807, 2.05) is 32.0 Å². The number of carbonyl (C=O) groups excluding carboxylic acids is 2. The standard InChI is InChI=1S/C18H22N4O3/c1-3-15-20-16(21-25-15)13-7-5-9-22(11-13)18(24)17(23)19-14-8-4-6-12(2)10-14/h4,6,8,10,13H,3,5,7,9,11H2,1-2H3,(H,19,23)/t13-/m1/s1. The van der Waals surface area contributed by atoms with Gasteiger partial charge in [-0.1, -0.05) is 24.2 Å². The number of aryl methyl sites for hydroxylation is 2. The number of benzene rings is 1. The van der Waals surface area contributed by atoms with Gasteiger partial charge in [-0.25, -0.2) is 0 Å². The highest BCUT2D eigenvalue weighted by atomic mass is 16.5. The van der Waals surface area contributed by atoms with Crippen LogP contribution in [0.4, 0.5) is 5.69 Å². The number of piperidine rings is 1. The summed E-state index contributed by atoms with van der Waals surface area (Å²) < 4.78 is 5.16. The number of carbonyl (C=O) groups is 2. The third-order valence-corrected chi connectivity index (χ3v) is 4.33. The molecule has 1 atom stereocenters. The molecular weight excluding hydrogens is 320 g/mol. The number of nitrogens with zero attached hydrogens (tertiary/aromatic N) is 3. The van der Waals surface area contributed by atoms with Crippen molar-refractivity contribution in [2.75, 3.05) is 18.4 Å². The molecule has 0 spiro atoms. The second-order valence-corrected chi connectivity index (χ2v) is 6.31.